The minimum Gasteiger partial charge on any atom is -0.326 e. The number of carbonyl (C=O) groups is 3. The summed E-state index contributed by atoms with van der Waals surface area (Å²) in [6, 6.07) is 11.0. The number of hydrogen-bond donors (Lipinski definition) is 2. The Bertz CT molecular complexity index is 1040. The van der Waals surface area contributed by atoms with Crippen molar-refractivity contribution < 1.29 is 22.8 Å². The maximum atomic E-state index is 12.3. The molecule has 1 heterocycles. The molecule has 9 heteroatoms. The largest absolute Gasteiger partial charge is 0.326 e. The summed E-state index contributed by atoms with van der Waals surface area (Å²) in [4.78, 5) is 38.0. The number of benzene rings is 2. The zero-order valence-electron chi connectivity index (χ0n) is 15.4. The van der Waals surface area contributed by atoms with Crippen LogP contribution >= 0.6 is 0 Å². The van der Waals surface area contributed by atoms with Gasteiger partial charge in [-0.2, -0.15) is 0 Å². The zero-order valence-corrected chi connectivity index (χ0v) is 16.2. The highest BCUT2D eigenvalue weighted by Gasteiger charge is 2.34. The molecule has 0 fully saturated rings. The first kappa shape index (κ1) is 19.7. The smallest absolute Gasteiger partial charge is 0.261 e. The lowest BCUT2D eigenvalue weighted by molar-refractivity contribution is -0.116. The van der Waals surface area contributed by atoms with Crippen molar-refractivity contribution in [2.45, 2.75) is 18.2 Å². The topological polar surface area (TPSA) is 113 Å². The number of imide groups is 1. The van der Waals surface area contributed by atoms with Gasteiger partial charge in [0, 0.05) is 18.7 Å². The Balaban J connectivity index is 1.67. The van der Waals surface area contributed by atoms with Crippen LogP contribution in [0.4, 0.5) is 5.69 Å². The van der Waals surface area contributed by atoms with E-state index in [0.717, 1.165) is 4.90 Å². The van der Waals surface area contributed by atoms with E-state index < -0.39 is 27.7 Å². The Morgan fingerprint density at radius 3 is 2.21 bits per heavy atom. The summed E-state index contributed by atoms with van der Waals surface area (Å²) in [5.74, 6) is -1.29. The van der Waals surface area contributed by atoms with Gasteiger partial charge in [0.1, 0.15) is 0 Å². The van der Waals surface area contributed by atoms with Crippen molar-refractivity contribution in [3.8, 4) is 0 Å². The van der Waals surface area contributed by atoms with Gasteiger partial charge in [-0.15, -0.1) is 0 Å². The molecule has 1 aliphatic rings. The summed E-state index contributed by atoms with van der Waals surface area (Å²) in [6.45, 7) is 1.59. The number of hydrogen-bond acceptors (Lipinski definition) is 5. The molecule has 2 aromatic rings. The van der Waals surface area contributed by atoms with Gasteiger partial charge in [-0.1, -0.05) is 18.2 Å². The highest BCUT2D eigenvalue weighted by molar-refractivity contribution is 7.89. The van der Waals surface area contributed by atoms with E-state index in [1.165, 1.54) is 13.1 Å². The molecule has 3 rings (SSSR count). The number of amides is 3. The van der Waals surface area contributed by atoms with Gasteiger partial charge in [0.05, 0.1) is 16.0 Å². The Morgan fingerprint density at radius 2 is 1.64 bits per heavy atom. The van der Waals surface area contributed by atoms with Crippen molar-refractivity contribution in [3.63, 3.8) is 0 Å². The maximum absolute atomic E-state index is 12.3. The number of nitrogens with one attached hydrogen (secondary N) is 2. The third kappa shape index (κ3) is 3.67. The number of rotatable bonds is 6. The average Bonchev–Trinajstić information content (AvgIpc) is 2.92. The molecule has 1 aliphatic heterocycles. The molecule has 0 aliphatic carbocycles. The fourth-order valence-corrected chi connectivity index (χ4v) is 3.95. The fourth-order valence-electron chi connectivity index (χ4n) is 2.96. The zero-order chi connectivity index (χ0) is 20.5. The molecule has 8 nitrogen and oxygen atoms in total. The molecular formula is C19H19N3O5S. The first-order chi connectivity index (χ1) is 13.2. The Morgan fingerprint density at radius 1 is 1.04 bits per heavy atom. The van der Waals surface area contributed by atoms with Crippen molar-refractivity contribution in [1.29, 1.82) is 0 Å². The second kappa shape index (κ2) is 7.53. The average molecular weight is 401 g/mol. The van der Waals surface area contributed by atoms with Gasteiger partial charge >= 0.3 is 0 Å². The van der Waals surface area contributed by atoms with Gasteiger partial charge in [-0.3, -0.25) is 19.3 Å². The van der Waals surface area contributed by atoms with Gasteiger partial charge in [0.15, 0.2) is 0 Å². The molecule has 28 heavy (non-hydrogen) atoms. The lowest BCUT2D eigenvalue weighted by atomic mass is 10.1. The Labute approximate surface area is 162 Å². The van der Waals surface area contributed by atoms with E-state index in [2.05, 4.69) is 10.0 Å². The van der Waals surface area contributed by atoms with Crippen LogP contribution in [0.3, 0.4) is 0 Å². The molecular weight excluding hydrogens is 382 g/mol. The minimum atomic E-state index is -3.66. The van der Waals surface area contributed by atoms with E-state index in [4.69, 9.17) is 0 Å². The molecule has 0 unspecified atom stereocenters. The first-order valence-corrected chi connectivity index (χ1v) is 10.0. The highest BCUT2D eigenvalue weighted by Crippen LogP contribution is 2.23. The van der Waals surface area contributed by atoms with E-state index >= 15 is 0 Å². The summed E-state index contributed by atoms with van der Waals surface area (Å²) < 4.78 is 26.3. The predicted octanol–water partition coefficient (Wildman–Crippen LogP) is 1.53. The summed E-state index contributed by atoms with van der Waals surface area (Å²) in [5, 5.41) is 2.60. The van der Waals surface area contributed by atoms with Gasteiger partial charge in [0.2, 0.25) is 15.9 Å². The molecule has 2 N–H and O–H groups in total. The van der Waals surface area contributed by atoms with Gasteiger partial charge in [0.25, 0.3) is 11.8 Å². The standard InChI is InChI=1S/C19H19N3O5S/c1-12-7-8-13(11-16(12)28(26,27)20-2)21-17(23)9-10-22-18(24)14-5-3-4-6-15(14)19(22)25/h3-8,11,20H,9-10H2,1-2H3,(H,21,23). The molecule has 0 radical (unpaired) electrons. The number of nitrogens with zero attached hydrogens (tertiary/aromatic N) is 1. The van der Waals surface area contributed by atoms with E-state index in [1.807, 2.05) is 0 Å². The van der Waals surface area contributed by atoms with Crippen molar-refractivity contribution in [1.82, 2.24) is 9.62 Å². The van der Waals surface area contributed by atoms with E-state index in [1.54, 1.807) is 43.3 Å². The van der Waals surface area contributed by atoms with Crippen LogP contribution < -0.4 is 10.0 Å². The number of aryl methyl sites for hydroxylation is 1. The van der Waals surface area contributed by atoms with Crippen LogP contribution in [0.2, 0.25) is 0 Å². The lowest BCUT2D eigenvalue weighted by Gasteiger charge is -2.14. The maximum Gasteiger partial charge on any atom is 0.261 e. The summed E-state index contributed by atoms with van der Waals surface area (Å²) >= 11 is 0. The summed E-state index contributed by atoms with van der Waals surface area (Å²) in [7, 11) is -2.35. The molecule has 0 bridgehead atoms. The molecule has 146 valence electrons. The van der Waals surface area contributed by atoms with Crippen molar-refractivity contribution in [3.05, 3.63) is 59.2 Å². The van der Waals surface area contributed by atoms with E-state index in [-0.39, 0.29) is 17.9 Å². The number of carbonyl (C=O) groups excluding carboxylic acids is 3. The monoisotopic (exact) mass is 401 g/mol. The van der Waals surface area contributed by atoms with Crippen LogP contribution in [0, 0.1) is 6.92 Å². The van der Waals surface area contributed by atoms with Crippen LogP contribution in [0.25, 0.3) is 0 Å². The SMILES string of the molecule is CNS(=O)(=O)c1cc(NC(=O)CCN2C(=O)c3ccccc3C2=O)ccc1C. The molecule has 3 amide bonds. The molecule has 0 saturated heterocycles. The second-order valence-electron chi connectivity index (χ2n) is 6.29. The van der Waals surface area contributed by atoms with Crippen LogP contribution in [0.5, 0.6) is 0 Å². The highest BCUT2D eigenvalue weighted by atomic mass is 32.2. The van der Waals surface area contributed by atoms with E-state index in [9.17, 15) is 22.8 Å². The first-order valence-electron chi connectivity index (χ1n) is 8.54. The predicted molar refractivity (Wildman–Crippen MR) is 102 cm³/mol. The third-order valence-corrected chi connectivity index (χ3v) is 6.03. The molecule has 0 spiro atoms. The van der Waals surface area contributed by atoms with Crippen molar-refractivity contribution >= 4 is 33.4 Å². The van der Waals surface area contributed by atoms with Crippen LogP contribution in [-0.4, -0.2) is 44.6 Å². The van der Waals surface area contributed by atoms with Crippen LogP contribution in [0.15, 0.2) is 47.4 Å². The molecule has 0 atom stereocenters. The van der Waals surface area contributed by atoms with Crippen LogP contribution in [0.1, 0.15) is 32.7 Å². The quantitative estimate of drug-likeness (QED) is 0.713. The lowest BCUT2D eigenvalue weighted by Crippen LogP contribution is -2.32. The molecule has 0 saturated carbocycles. The summed E-state index contributed by atoms with van der Waals surface area (Å²) in [5.41, 5.74) is 1.51. The number of fused-ring (bicyclic) bond motifs is 1. The molecule has 0 aromatic heterocycles. The second-order valence-corrected chi connectivity index (χ2v) is 8.15. The molecule has 2 aromatic carbocycles. The van der Waals surface area contributed by atoms with E-state index in [0.29, 0.717) is 22.4 Å². The third-order valence-electron chi connectivity index (χ3n) is 4.47. The van der Waals surface area contributed by atoms with Crippen molar-refractivity contribution in [2.75, 3.05) is 18.9 Å². The minimum absolute atomic E-state index is 0.0631. The summed E-state index contributed by atoms with van der Waals surface area (Å²) in [6.07, 6.45) is -0.104. The number of anilines is 1. The van der Waals surface area contributed by atoms with Gasteiger partial charge in [-0.25, -0.2) is 13.1 Å². The van der Waals surface area contributed by atoms with Gasteiger partial charge < -0.3 is 5.32 Å². The fraction of sp³-hybridized carbons (Fsp3) is 0.211. The Kier molecular flexibility index (Phi) is 5.30. The van der Waals surface area contributed by atoms with Crippen LogP contribution in [-0.2, 0) is 14.8 Å². The Hall–Kier alpha value is -3.04. The van der Waals surface area contributed by atoms with Crippen molar-refractivity contribution in [2.24, 2.45) is 0 Å². The normalized spacial score (nSPS) is 13.6. The number of sulfonamides is 1. The van der Waals surface area contributed by atoms with Gasteiger partial charge in [-0.05, 0) is 43.8 Å².